The van der Waals surface area contributed by atoms with E-state index in [0.29, 0.717) is 30.8 Å². The van der Waals surface area contributed by atoms with Crippen LogP contribution >= 0.6 is 0 Å². The Labute approximate surface area is 158 Å². The molecule has 27 heavy (non-hydrogen) atoms. The van der Waals surface area contributed by atoms with E-state index in [-0.39, 0.29) is 29.8 Å². The number of piperidine rings is 1. The maximum absolute atomic E-state index is 12.9. The predicted molar refractivity (Wildman–Crippen MR) is 97.2 cm³/mol. The number of carbonyl (C=O) groups is 1. The average molecular weight is 395 g/mol. The number of hydrogen-bond acceptors (Lipinski definition) is 6. The average Bonchev–Trinajstić information content (AvgIpc) is 3.25. The van der Waals surface area contributed by atoms with Gasteiger partial charge < -0.3 is 9.84 Å². The summed E-state index contributed by atoms with van der Waals surface area (Å²) in [6.07, 6.45) is 3.56. The Morgan fingerprint density at radius 1 is 1.44 bits per heavy atom. The van der Waals surface area contributed by atoms with Crippen LogP contribution in [-0.4, -0.2) is 46.7 Å². The quantitative estimate of drug-likeness (QED) is 0.781. The summed E-state index contributed by atoms with van der Waals surface area (Å²) in [5.74, 6) is 0.0257. The third kappa shape index (κ3) is 4.22. The van der Waals surface area contributed by atoms with Crippen LogP contribution in [0.4, 0.5) is 0 Å². The molecule has 2 aromatic heterocycles. The lowest BCUT2D eigenvalue weighted by Crippen LogP contribution is -2.45. The number of aryl methyl sites for hydroxylation is 3. The second-order valence-electron chi connectivity index (χ2n) is 6.81. The molecule has 1 saturated heterocycles. The SMILES string of the molecule is CCc1cc(CNC(=O)[C@H]2CCCN(S(=O)(=O)c3cn(C)nc3C)C2)on1. The Bertz CT molecular complexity index is 918. The summed E-state index contributed by atoms with van der Waals surface area (Å²) < 4.78 is 33.9. The Hall–Kier alpha value is -2.20. The lowest BCUT2D eigenvalue weighted by Gasteiger charge is -2.30. The van der Waals surface area contributed by atoms with E-state index in [1.165, 1.54) is 15.2 Å². The van der Waals surface area contributed by atoms with Crippen LogP contribution in [-0.2, 0) is 34.8 Å². The fourth-order valence-electron chi connectivity index (χ4n) is 3.27. The minimum atomic E-state index is -3.66. The van der Waals surface area contributed by atoms with E-state index in [9.17, 15) is 13.2 Å². The monoisotopic (exact) mass is 395 g/mol. The molecule has 1 atom stereocenters. The zero-order chi connectivity index (χ0) is 19.6. The van der Waals surface area contributed by atoms with E-state index in [4.69, 9.17) is 4.52 Å². The van der Waals surface area contributed by atoms with Crippen molar-refractivity contribution in [3.05, 3.63) is 29.4 Å². The molecular weight excluding hydrogens is 370 g/mol. The Balaban J connectivity index is 1.64. The molecule has 10 heteroatoms. The number of sulfonamides is 1. The normalized spacial score (nSPS) is 18.6. The molecule has 3 heterocycles. The molecule has 2 aromatic rings. The summed E-state index contributed by atoms with van der Waals surface area (Å²) in [7, 11) is -1.98. The molecule has 1 amide bonds. The van der Waals surface area contributed by atoms with Crippen molar-refractivity contribution in [3.8, 4) is 0 Å². The predicted octanol–water partition coefficient (Wildman–Crippen LogP) is 0.996. The van der Waals surface area contributed by atoms with Gasteiger partial charge in [0.15, 0.2) is 5.76 Å². The highest BCUT2D eigenvalue weighted by Gasteiger charge is 2.34. The molecule has 1 aliphatic rings. The maximum atomic E-state index is 12.9. The topological polar surface area (TPSA) is 110 Å². The van der Waals surface area contributed by atoms with Crippen LogP contribution in [0, 0.1) is 12.8 Å². The molecule has 0 unspecified atom stereocenters. The van der Waals surface area contributed by atoms with Gasteiger partial charge in [0.25, 0.3) is 0 Å². The first-order valence-electron chi connectivity index (χ1n) is 9.03. The van der Waals surface area contributed by atoms with Gasteiger partial charge in [0, 0.05) is 32.4 Å². The first kappa shape index (κ1) is 19.6. The minimum absolute atomic E-state index is 0.166. The summed E-state index contributed by atoms with van der Waals surface area (Å²) in [4.78, 5) is 12.7. The first-order chi connectivity index (χ1) is 12.8. The van der Waals surface area contributed by atoms with Crippen molar-refractivity contribution in [1.29, 1.82) is 0 Å². The summed E-state index contributed by atoms with van der Waals surface area (Å²) >= 11 is 0. The van der Waals surface area contributed by atoms with Gasteiger partial charge in [-0.3, -0.25) is 9.48 Å². The van der Waals surface area contributed by atoms with Gasteiger partial charge in [-0.15, -0.1) is 0 Å². The van der Waals surface area contributed by atoms with Gasteiger partial charge in [-0.1, -0.05) is 12.1 Å². The highest BCUT2D eigenvalue weighted by atomic mass is 32.2. The summed E-state index contributed by atoms with van der Waals surface area (Å²) in [5.41, 5.74) is 1.29. The lowest BCUT2D eigenvalue weighted by atomic mass is 9.99. The fourth-order valence-corrected chi connectivity index (χ4v) is 4.99. The van der Waals surface area contributed by atoms with Crippen LogP contribution in [0.25, 0.3) is 0 Å². The van der Waals surface area contributed by atoms with Crippen molar-refractivity contribution in [1.82, 2.24) is 24.6 Å². The minimum Gasteiger partial charge on any atom is -0.359 e. The summed E-state index contributed by atoms with van der Waals surface area (Å²) in [6, 6.07) is 1.81. The standard InChI is InChI=1S/C17H25N5O4S/c1-4-14-8-15(26-20-14)9-18-17(23)13-6-5-7-22(10-13)27(24,25)16-11-21(3)19-12(16)2/h8,11,13H,4-7,9-10H2,1-3H3,(H,18,23)/t13-/m0/s1. The van der Waals surface area contributed by atoms with Gasteiger partial charge in [0.2, 0.25) is 15.9 Å². The third-order valence-electron chi connectivity index (χ3n) is 4.75. The van der Waals surface area contributed by atoms with Crippen LogP contribution < -0.4 is 5.32 Å². The van der Waals surface area contributed by atoms with Gasteiger partial charge in [-0.05, 0) is 26.2 Å². The molecule has 0 radical (unpaired) electrons. The van der Waals surface area contributed by atoms with Gasteiger partial charge in [-0.2, -0.15) is 9.40 Å². The molecule has 1 fully saturated rings. The fraction of sp³-hybridized carbons (Fsp3) is 0.588. The number of carbonyl (C=O) groups excluding carboxylic acids is 1. The van der Waals surface area contributed by atoms with Crippen molar-refractivity contribution in [2.45, 2.75) is 44.6 Å². The number of aromatic nitrogens is 3. The Morgan fingerprint density at radius 3 is 2.85 bits per heavy atom. The summed E-state index contributed by atoms with van der Waals surface area (Å²) in [5, 5.41) is 10.8. The molecule has 0 bridgehead atoms. The molecule has 9 nitrogen and oxygen atoms in total. The number of hydrogen-bond donors (Lipinski definition) is 1. The van der Waals surface area contributed by atoms with Gasteiger partial charge in [0.1, 0.15) is 4.90 Å². The molecule has 0 saturated carbocycles. The first-order valence-corrected chi connectivity index (χ1v) is 10.5. The van der Waals surface area contributed by atoms with E-state index >= 15 is 0 Å². The smallest absolute Gasteiger partial charge is 0.246 e. The highest BCUT2D eigenvalue weighted by Crippen LogP contribution is 2.25. The molecule has 3 rings (SSSR count). The zero-order valence-corrected chi connectivity index (χ0v) is 16.6. The van der Waals surface area contributed by atoms with Crippen molar-refractivity contribution < 1.29 is 17.7 Å². The molecule has 0 aromatic carbocycles. The van der Waals surface area contributed by atoms with Crippen LogP contribution in [0.3, 0.4) is 0 Å². The van der Waals surface area contributed by atoms with E-state index in [1.54, 1.807) is 14.0 Å². The largest absolute Gasteiger partial charge is 0.359 e. The lowest BCUT2D eigenvalue weighted by molar-refractivity contribution is -0.126. The van der Waals surface area contributed by atoms with Crippen molar-refractivity contribution in [2.24, 2.45) is 13.0 Å². The van der Waals surface area contributed by atoms with Crippen molar-refractivity contribution >= 4 is 15.9 Å². The van der Waals surface area contributed by atoms with Crippen LogP contribution in [0.15, 0.2) is 21.7 Å². The molecular formula is C17H25N5O4S. The van der Waals surface area contributed by atoms with Gasteiger partial charge >= 0.3 is 0 Å². The maximum Gasteiger partial charge on any atom is 0.246 e. The number of nitrogens with zero attached hydrogens (tertiary/aromatic N) is 4. The number of amides is 1. The second-order valence-corrected chi connectivity index (χ2v) is 8.72. The van der Waals surface area contributed by atoms with E-state index in [1.807, 2.05) is 13.0 Å². The summed E-state index contributed by atoms with van der Waals surface area (Å²) in [6.45, 7) is 4.46. The second kappa shape index (κ2) is 7.81. The van der Waals surface area contributed by atoms with Gasteiger partial charge in [-0.25, -0.2) is 8.42 Å². The molecule has 0 spiro atoms. The molecule has 0 aliphatic carbocycles. The number of rotatable bonds is 6. The molecule has 1 N–H and O–H groups in total. The van der Waals surface area contributed by atoms with Crippen molar-refractivity contribution in [2.75, 3.05) is 13.1 Å². The Morgan fingerprint density at radius 2 is 2.22 bits per heavy atom. The van der Waals surface area contributed by atoms with E-state index < -0.39 is 10.0 Å². The van der Waals surface area contributed by atoms with Crippen molar-refractivity contribution in [3.63, 3.8) is 0 Å². The third-order valence-corrected chi connectivity index (χ3v) is 6.72. The molecule has 1 aliphatic heterocycles. The van der Waals surface area contributed by atoms with Gasteiger partial charge in [0.05, 0.1) is 23.9 Å². The van der Waals surface area contributed by atoms with E-state index in [2.05, 4.69) is 15.6 Å². The number of nitrogens with one attached hydrogen (secondary N) is 1. The highest BCUT2D eigenvalue weighted by molar-refractivity contribution is 7.89. The Kier molecular flexibility index (Phi) is 5.66. The van der Waals surface area contributed by atoms with Crippen LogP contribution in [0.2, 0.25) is 0 Å². The van der Waals surface area contributed by atoms with Crippen LogP contribution in [0.5, 0.6) is 0 Å². The molecule has 148 valence electrons. The van der Waals surface area contributed by atoms with Crippen LogP contribution in [0.1, 0.15) is 36.9 Å². The zero-order valence-electron chi connectivity index (χ0n) is 15.8. The van der Waals surface area contributed by atoms with E-state index in [0.717, 1.165) is 12.1 Å².